The molecule has 0 spiro atoms. The summed E-state index contributed by atoms with van der Waals surface area (Å²) < 4.78 is 31.3. The third-order valence-electron chi connectivity index (χ3n) is 4.86. The summed E-state index contributed by atoms with van der Waals surface area (Å²) in [4.78, 5) is 0.350. The van der Waals surface area contributed by atoms with Crippen LogP contribution in [0.15, 0.2) is 4.90 Å². The molecule has 0 atom stereocenters. The summed E-state index contributed by atoms with van der Waals surface area (Å²) in [6, 6.07) is 0. The van der Waals surface area contributed by atoms with Crippen molar-refractivity contribution in [1.29, 1.82) is 0 Å². The van der Waals surface area contributed by atoms with Crippen molar-refractivity contribution >= 4 is 10.0 Å². The zero-order valence-electron chi connectivity index (χ0n) is 15.4. The third kappa shape index (κ3) is 3.22. The zero-order chi connectivity index (χ0) is 18.2. The molecule has 0 unspecified atom stereocenters. The highest BCUT2D eigenvalue weighted by Crippen LogP contribution is 2.26. The van der Waals surface area contributed by atoms with Gasteiger partial charge in [0.15, 0.2) is 0 Å². The Morgan fingerprint density at radius 1 is 1.00 bits per heavy atom. The summed E-state index contributed by atoms with van der Waals surface area (Å²) >= 11 is 0. The zero-order valence-corrected chi connectivity index (χ0v) is 16.2. The van der Waals surface area contributed by atoms with Crippen LogP contribution < -0.4 is 0 Å². The fourth-order valence-corrected chi connectivity index (χ4v) is 5.34. The lowest BCUT2D eigenvalue weighted by molar-refractivity contribution is 0.346. The van der Waals surface area contributed by atoms with Crippen LogP contribution in [0.2, 0.25) is 0 Å². The summed E-state index contributed by atoms with van der Waals surface area (Å²) in [5, 5.41) is 12.7. The molecule has 9 heteroatoms. The highest BCUT2D eigenvalue weighted by atomic mass is 32.2. The van der Waals surface area contributed by atoms with E-state index in [1.165, 1.54) is 0 Å². The molecule has 0 bridgehead atoms. The Hall–Kier alpha value is -1.74. The van der Waals surface area contributed by atoms with E-state index in [1.807, 2.05) is 25.5 Å². The lowest BCUT2D eigenvalue weighted by Gasteiger charge is -2.26. The average molecular weight is 366 g/mol. The predicted octanol–water partition coefficient (Wildman–Crippen LogP) is 1.64. The van der Waals surface area contributed by atoms with Gasteiger partial charge >= 0.3 is 0 Å². The van der Waals surface area contributed by atoms with Gasteiger partial charge in [-0.2, -0.15) is 9.40 Å². The molecule has 2 aromatic heterocycles. The maximum atomic E-state index is 13.1. The van der Waals surface area contributed by atoms with Crippen molar-refractivity contribution in [2.45, 2.75) is 64.9 Å². The van der Waals surface area contributed by atoms with Crippen LogP contribution in [0.3, 0.4) is 0 Å². The van der Waals surface area contributed by atoms with Crippen molar-refractivity contribution in [3.63, 3.8) is 0 Å². The fourth-order valence-electron chi connectivity index (χ4n) is 3.45. The van der Waals surface area contributed by atoms with Crippen molar-refractivity contribution in [2.24, 2.45) is 0 Å². The predicted molar refractivity (Wildman–Crippen MR) is 93.8 cm³/mol. The summed E-state index contributed by atoms with van der Waals surface area (Å²) in [6.45, 7) is 9.88. The number of hydrogen-bond acceptors (Lipinski definition) is 5. The van der Waals surface area contributed by atoms with Gasteiger partial charge in [-0.3, -0.25) is 4.68 Å². The van der Waals surface area contributed by atoms with Crippen LogP contribution >= 0.6 is 0 Å². The van der Waals surface area contributed by atoms with Crippen molar-refractivity contribution in [1.82, 2.24) is 29.1 Å². The van der Waals surface area contributed by atoms with Crippen LogP contribution in [-0.2, 0) is 23.1 Å². The van der Waals surface area contributed by atoms with Crippen LogP contribution in [0.1, 0.15) is 49.0 Å². The first-order valence-electron chi connectivity index (χ1n) is 8.79. The highest BCUT2D eigenvalue weighted by Gasteiger charge is 2.32. The second-order valence-corrected chi connectivity index (χ2v) is 8.43. The molecule has 3 rings (SSSR count). The highest BCUT2D eigenvalue weighted by molar-refractivity contribution is 7.89. The molecule has 8 nitrogen and oxygen atoms in total. The number of sulfonamides is 1. The minimum atomic E-state index is -3.50. The van der Waals surface area contributed by atoms with Gasteiger partial charge in [0.2, 0.25) is 10.0 Å². The standard InChI is InChI=1S/C16H26N6O2S/c1-5-21-15(12(2)17-19-21)11-22-14(4)16(13(3)18-22)25(23,24)20-9-7-6-8-10-20/h5-11H2,1-4H3. The second-order valence-electron chi connectivity index (χ2n) is 6.56. The van der Waals surface area contributed by atoms with Gasteiger partial charge in [-0.1, -0.05) is 11.6 Å². The van der Waals surface area contributed by atoms with Crippen molar-refractivity contribution < 1.29 is 8.42 Å². The van der Waals surface area contributed by atoms with E-state index in [2.05, 4.69) is 15.4 Å². The third-order valence-corrected chi connectivity index (χ3v) is 7.01. The van der Waals surface area contributed by atoms with Gasteiger partial charge in [-0.25, -0.2) is 13.1 Å². The fraction of sp³-hybridized carbons (Fsp3) is 0.688. The number of piperidine rings is 1. The van der Waals surface area contributed by atoms with Gasteiger partial charge in [0.25, 0.3) is 0 Å². The molecule has 2 aromatic rings. The van der Waals surface area contributed by atoms with E-state index in [4.69, 9.17) is 0 Å². The minimum absolute atomic E-state index is 0.350. The Balaban J connectivity index is 1.97. The topological polar surface area (TPSA) is 85.9 Å². The number of aromatic nitrogens is 5. The average Bonchev–Trinajstić information content (AvgIpc) is 3.08. The van der Waals surface area contributed by atoms with E-state index < -0.39 is 10.0 Å². The van der Waals surface area contributed by atoms with Crippen molar-refractivity contribution in [3.05, 3.63) is 22.8 Å². The molecule has 1 aliphatic heterocycles. The monoisotopic (exact) mass is 366 g/mol. The SMILES string of the molecule is CCn1nnc(C)c1Cn1nc(C)c(S(=O)(=O)N2CCCCC2)c1C. The van der Waals surface area contributed by atoms with Gasteiger partial charge in [0, 0.05) is 19.6 Å². The number of rotatable bonds is 5. The molecule has 0 radical (unpaired) electrons. The van der Waals surface area contributed by atoms with E-state index >= 15 is 0 Å². The van der Waals surface area contributed by atoms with Crippen molar-refractivity contribution in [3.8, 4) is 0 Å². The molecule has 25 heavy (non-hydrogen) atoms. The Kier molecular flexibility index (Phi) is 4.97. The van der Waals surface area contributed by atoms with Crippen LogP contribution in [0, 0.1) is 20.8 Å². The van der Waals surface area contributed by atoms with E-state index in [-0.39, 0.29) is 0 Å². The van der Waals surface area contributed by atoms with E-state index in [1.54, 1.807) is 15.9 Å². The molecular formula is C16H26N6O2S. The van der Waals surface area contributed by atoms with Gasteiger partial charge in [0.1, 0.15) is 4.90 Å². The first kappa shape index (κ1) is 18.1. The first-order valence-corrected chi connectivity index (χ1v) is 10.2. The molecule has 1 saturated heterocycles. The lowest BCUT2D eigenvalue weighted by Crippen LogP contribution is -2.36. The van der Waals surface area contributed by atoms with Gasteiger partial charge < -0.3 is 0 Å². The quantitative estimate of drug-likeness (QED) is 0.803. The lowest BCUT2D eigenvalue weighted by atomic mass is 10.2. The van der Waals surface area contributed by atoms with Crippen LogP contribution in [-0.4, -0.2) is 50.6 Å². The molecule has 138 valence electrons. The summed E-state index contributed by atoms with van der Waals surface area (Å²) in [5.41, 5.74) is 3.02. The number of hydrogen-bond donors (Lipinski definition) is 0. The largest absolute Gasteiger partial charge is 0.262 e. The molecule has 0 N–H and O–H groups in total. The van der Waals surface area contributed by atoms with Crippen LogP contribution in [0.25, 0.3) is 0 Å². The normalized spacial score (nSPS) is 16.5. The Morgan fingerprint density at radius 3 is 2.32 bits per heavy atom. The molecule has 0 amide bonds. The summed E-state index contributed by atoms with van der Waals surface area (Å²) in [5.74, 6) is 0. The second kappa shape index (κ2) is 6.87. The maximum absolute atomic E-state index is 13.1. The molecule has 0 saturated carbocycles. The molecule has 0 aromatic carbocycles. The minimum Gasteiger partial charge on any atom is -0.262 e. The van der Waals surface area contributed by atoms with Crippen LogP contribution in [0.4, 0.5) is 0 Å². The van der Waals surface area contributed by atoms with Crippen LogP contribution in [0.5, 0.6) is 0 Å². The molecule has 3 heterocycles. The van der Waals surface area contributed by atoms with Gasteiger partial charge in [-0.15, -0.1) is 5.10 Å². The molecule has 0 aliphatic carbocycles. The Labute approximate surface area is 148 Å². The van der Waals surface area contributed by atoms with Crippen molar-refractivity contribution in [2.75, 3.05) is 13.1 Å². The number of nitrogens with zero attached hydrogens (tertiary/aromatic N) is 6. The maximum Gasteiger partial charge on any atom is 0.246 e. The number of aryl methyl sites for hydroxylation is 3. The molecule has 1 fully saturated rings. The Bertz CT molecular complexity index is 862. The molecular weight excluding hydrogens is 340 g/mol. The van der Waals surface area contributed by atoms with Gasteiger partial charge in [0.05, 0.1) is 29.3 Å². The summed E-state index contributed by atoms with van der Waals surface area (Å²) in [6.07, 6.45) is 2.94. The first-order chi connectivity index (χ1) is 11.9. The van der Waals surface area contributed by atoms with E-state index in [0.717, 1.165) is 30.7 Å². The Morgan fingerprint density at radius 2 is 1.68 bits per heavy atom. The van der Waals surface area contributed by atoms with E-state index in [0.29, 0.717) is 42.5 Å². The summed E-state index contributed by atoms with van der Waals surface area (Å²) in [7, 11) is -3.50. The van der Waals surface area contributed by atoms with E-state index in [9.17, 15) is 8.42 Å². The smallest absolute Gasteiger partial charge is 0.246 e. The molecule has 1 aliphatic rings. The van der Waals surface area contributed by atoms with Gasteiger partial charge in [-0.05, 0) is 40.5 Å².